The van der Waals surface area contributed by atoms with Gasteiger partial charge >= 0.3 is 0 Å². The molecule has 0 aliphatic carbocycles. The second kappa shape index (κ2) is 4.93. The Morgan fingerprint density at radius 1 is 1.22 bits per heavy atom. The van der Waals surface area contributed by atoms with Crippen molar-refractivity contribution < 1.29 is 65.4 Å². The fourth-order valence-electron chi connectivity index (χ4n) is 1.10. The number of rotatable bonds is 0. The molecule has 0 N–H and O–H groups in total. The zero-order valence-corrected chi connectivity index (χ0v) is 11.6. The van der Waals surface area contributed by atoms with Gasteiger partial charge in [0.15, 0.2) is 0 Å². The van der Waals surface area contributed by atoms with Crippen molar-refractivity contribution in [3.05, 3.63) is 13.8 Å². The largest absolute Gasteiger partial charge is 0.364 e. The quantitative estimate of drug-likeness (QED) is 0.585. The van der Waals surface area contributed by atoms with Crippen LogP contribution in [0.25, 0.3) is 0 Å². The number of hydrogen-bond donors (Lipinski definition) is 0. The molecule has 0 aromatic heterocycles. The molecular weight excluding hydrogens is 264 g/mol. The van der Waals surface area contributed by atoms with Crippen LogP contribution in [0, 0.1) is 19.3 Å². The third kappa shape index (κ3) is 4.58. The Labute approximate surface area is 108 Å². The average Bonchev–Trinajstić information content (AvgIpc) is 1.27. The van der Waals surface area contributed by atoms with Crippen LogP contribution < -0.4 is 0 Å². The number of nitrogens with zero attached hydrogens (tertiary/aromatic N) is 1. The van der Waals surface area contributed by atoms with Crippen LogP contribution in [0.1, 0.15) is 0 Å². The van der Waals surface area contributed by atoms with Crippen LogP contribution in [-0.4, -0.2) is 25.0 Å². The van der Waals surface area contributed by atoms with Crippen molar-refractivity contribution in [1.29, 1.82) is 0 Å². The molecule has 0 unspecified atom stereocenters. The second-order valence-corrected chi connectivity index (χ2v) is 2.67. The fourth-order valence-corrected chi connectivity index (χ4v) is 1.10. The molecule has 1 rings (SSSR count). The van der Waals surface area contributed by atoms with Gasteiger partial charge in [0.1, 0.15) is 0 Å². The molecule has 2 radical (unpaired) electrons. The molecule has 1 heterocycles. The molecule has 0 bridgehead atoms. The minimum absolute atomic E-state index is 0. The Balaban J connectivity index is 0. The first-order chi connectivity index (χ1) is 3.10. The van der Waals surface area contributed by atoms with Gasteiger partial charge in [-0.05, 0) is 20.1 Å². The van der Waals surface area contributed by atoms with Crippen LogP contribution in [0.3, 0.4) is 0 Å². The maximum Gasteiger partial charge on any atom is 0 e. The summed E-state index contributed by atoms with van der Waals surface area (Å²) in [5.41, 5.74) is 0.120. The van der Waals surface area contributed by atoms with E-state index in [1.54, 1.807) is 0 Å². The maximum absolute atomic E-state index is 3.87. The van der Waals surface area contributed by atoms with E-state index in [1.807, 2.05) is 0 Å². The average molecular weight is 275 g/mol. The van der Waals surface area contributed by atoms with Gasteiger partial charge in [0.2, 0.25) is 0 Å². The smallest absolute Gasteiger partial charge is 0 e. The number of hydrogen-bond acceptors (Lipinski definition) is 1. The van der Waals surface area contributed by atoms with E-state index in [2.05, 4.69) is 25.8 Å². The molecule has 1 nitrogen and oxygen atoms in total. The normalized spacial score (nSPS) is 23.0. The van der Waals surface area contributed by atoms with E-state index in [0.717, 1.165) is 13.1 Å². The van der Waals surface area contributed by atoms with Gasteiger partial charge in [-0.25, -0.2) is 0 Å². The van der Waals surface area contributed by atoms with Crippen molar-refractivity contribution in [2.75, 3.05) is 20.1 Å². The Morgan fingerprint density at radius 2 is 1.56 bits per heavy atom. The van der Waals surface area contributed by atoms with Crippen LogP contribution in [0.5, 0.6) is 0 Å². The van der Waals surface area contributed by atoms with Crippen molar-refractivity contribution in [2.24, 2.45) is 5.41 Å². The van der Waals surface area contributed by atoms with Gasteiger partial charge in [0.05, 0.1) is 0 Å². The molecule has 0 spiro atoms. The summed E-state index contributed by atoms with van der Waals surface area (Å²) in [7, 11) is 2.08. The minimum Gasteiger partial charge on any atom is -0.364 e. The van der Waals surface area contributed by atoms with Crippen LogP contribution >= 0.6 is 0 Å². The third-order valence-corrected chi connectivity index (χ3v) is 1.21. The van der Waals surface area contributed by atoms with Gasteiger partial charge < -0.3 is 18.7 Å². The summed E-state index contributed by atoms with van der Waals surface area (Å²) in [4.78, 5) is 2.21. The zero-order valence-electron chi connectivity index (χ0n) is 5.93. The first-order valence-electron chi connectivity index (χ1n) is 2.49. The molecule has 0 aromatic carbocycles. The Kier molecular flexibility index (Phi) is 7.52. The first-order valence-corrected chi connectivity index (χ1v) is 2.49. The van der Waals surface area contributed by atoms with Crippen LogP contribution in [0.4, 0.5) is 0 Å². The van der Waals surface area contributed by atoms with Gasteiger partial charge in [0.25, 0.3) is 0 Å². The van der Waals surface area contributed by atoms with Crippen LogP contribution in [0.15, 0.2) is 0 Å². The summed E-state index contributed by atoms with van der Waals surface area (Å²) in [5.74, 6) is 0. The third-order valence-electron chi connectivity index (χ3n) is 1.21. The van der Waals surface area contributed by atoms with E-state index in [0.29, 0.717) is 0 Å². The molecule has 9 heavy (non-hydrogen) atoms. The van der Waals surface area contributed by atoms with Gasteiger partial charge in [-0.2, -0.15) is 0 Å². The topological polar surface area (TPSA) is 3.24 Å². The van der Waals surface area contributed by atoms with E-state index in [9.17, 15) is 0 Å². The van der Waals surface area contributed by atoms with E-state index < -0.39 is 0 Å². The fraction of sp³-hybridized carbons (Fsp3) is 0.667. The van der Waals surface area contributed by atoms with E-state index in [4.69, 9.17) is 0 Å². The van der Waals surface area contributed by atoms with Gasteiger partial charge in [0, 0.05) is 65.4 Å². The molecule has 1 aliphatic heterocycles. The van der Waals surface area contributed by atoms with Crippen molar-refractivity contribution in [1.82, 2.24) is 4.90 Å². The van der Waals surface area contributed by atoms with Gasteiger partial charge in [-0.1, -0.05) is 0 Å². The molecule has 48 valence electrons. The SMILES string of the molecule is [CH2-]C1([CH2-])CN(C)C1.[Y].[Y]. The molecule has 0 atom stereocenters. The predicted octanol–water partition coefficient (Wildman–Crippen LogP) is 0.581. The summed E-state index contributed by atoms with van der Waals surface area (Å²) >= 11 is 0. The van der Waals surface area contributed by atoms with Gasteiger partial charge in [-0.3, -0.25) is 5.41 Å². The molecule has 0 aromatic rings. The second-order valence-electron chi connectivity index (χ2n) is 2.67. The summed E-state index contributed by atoms with van der Waals surface area (Å²) in [6, 6.07) is 0. The minimum atomic E-state index is 0. The molecule has 0 amide bonds. The van der Waals surface area contributed by atoms with E-state index >= 15 is 0 Å². The molecule has 1 aliphatic rings. The molecule has 1 fully saturated rings. The van der Waals surface area contributed by atoms with E-state index in [1.165, 1.54) is 0 Å². The summed E-state index contributed by atoms with van der Waals surface area (Å²) < 4.78 is 0. The maximum atomic E-state index is 3.87. The Bertz CT molecular complexity index is 75.1. The summed E-state index contributed by atoms with van der Waals surface area (Å²) in [6.45, 7) is 9.84. The Hall–Kier alpha value is 2.17. The zero-order chi connectivity index (χ0) is 5.49. The summed E-state index contributed by atoms with van der Waals surface area (Å²) in [5, 5.41) is 0. The Morgan fingerprint density at radius 3 is 1.56 bits per heavy atom. The van der Waals surface area contributed by atoms with Crippen LogP contribution in [0.2, 0.25) is 0 Å². The van der Waals surface area contributed by atoms with Crippen molar-refractivity contribution in [2.45, 2.75) is 0 Å². The molecule has 1 saturated heterocycles. The van der Waals surface area contributed by atoms with Crippen molar-refractivity contribution >= 4 is 0 Å². The van der Waals surface area contributed by atoms with Crippen molar-refractivity contribution in [3.8, 4) is 0 Å². The molecular formula is C6H11NY2-2. The first kappa shape index (κ1) is 13.7. The molecule has 3 heteroatoms. The molecule has 0 saturated carbocycles. The summed E-state index contributed by atoms with van der Waals surface area (Å²) in [6.07, 6.45) is 0. The monoisotopic (exact) mass is 275 g/mol. The van der Waals surface area contributed by atoms with Crippen LogP contribution in [-0.2, 0) is 65.4 Å². The van der Waals surface area contributed by atoms with Gasteiger partial charge in [-0.15, -0.1) is 0 Å². The predicted molar refractivity (Wildman–Crippen MR) is 30.6 cm³/mol. The number of likely N-dealkylation sites (tertiary alicyclic amines) is 1. The van der Waals surface area contributed by atoms with E-state index in [-0.39, 0.29) is 70.8 Å². The standard InChI is InChI=1S/C6H11N.2Y/c1-6(2)4-7(3)5-6;;/h1-2,4-5H2,3H3;;/q-2;;. The van der Waals surface area contributed by atoms with Crippen molar-refractivity contribution in [3.63, 3.8) is 0 Å².